The highest BCUT2D eigenvalue weighted by Crippen LogP contribution is 2.29. The highest BCUT2D eigenvalue weighted by atomic mass is 32.2. The molecule has 0 bridgehead atoms. The largest absolute Gasteiger partial charge is 0.482 e. The summed E-state index contributed by atoms with van der Waals surface area (Å²) in [4.78, 5) is 26.2. The van der Waals surface area contributed by atoms with Crippen LogP contribution in [-0.2, 0) is 24.2 Å². The number of amides is 1. The van der Waals surface area contributed by atoms with Crippen LogP contribution in [0.15, 0.2) is 24.3 Å². The average molecular weight is 413 g/mol. The van der Waals surface area contributed by atoms with Crippen molar-refractivity contribution in [1.29, 1.82) is 0 Å². The Bertz CT molecular complexity index is 804. The van der Waals surface area contributed by atoms with Gasteiger partial charge in [0.1, 0.15) is 11.6 Å². The van der Waals surface area contributed by atoms with E-state index in [4.69, 9.17) is 9.47 Å². The number of esters is 1. The van der Waals surface area contributed by atoms with Gasteiger partial charge in [-0.1, -0.05) is 12.8 Å². The van der Waals surface area contributed by atoms with Gasteiger partial charge in [0.2, 0.25) is 0 Å². The van der Waals surface area contributed by atoms with Gasteiger partial charge in [0.05, 0.1) is 11.5 Å². The molecule has 9 heteroatoms. The number of carbonyl (C=O) groups is 2. The molecule has 154 valence electrons. The predicted molar refractivity (Wildman–Crippen MR) is 99.0 cm³/mol. The standard InChI is InChI=1S/C19H24FNO6S/c20-14-5-7-17(8-6-14)26-12-19(23)27-11-18(22)21(15-3-1-2-4-15)16-9-10-28(24,25)13-16/h5-8,15-16H,1-4,9-13H2. The van der Waals surface area contributed by atoms with Gasteiger partial charge in [-0.05, 0) is 43.5 Å². The van der Waals surface area contributed by atoms with Crippen molar-refractivity contribution < 1.29 is 31.9 Å². The van der Waals surface area contributed by atoms with Crippen LogP contribution in [0.5, 0.6) is 5.75 Å². The minimum atomic E-state index is -3.13. The Kier molecular flexibility index (Phi) is 6.53. The normalized spacial score (nSPS) is 21.4. The lowest BCUT2D eigenvalue weighted by Crippen LogP contribution is -2.48. The molecular formula is C19H24FNO6S. The number of rotatable bonds is 7. The van der Waals surface area contributed by atoms with E-state index < -0.39 is 34.8 Å². The molecule has 1 aliphatic carbocycles. The Labute approximate surface area is 163 Å². The number of benzene rings is 1. The summed E-state index contributed by atoms with van der Waals surface area (Å²) in [6.45, 7) is -0.848. The van der Waals surface area contributed by atoms with Gasteiger partial charge in [-0.15, -0.1) is 0 Å². The number of sulfone groups is 1. The molecule has 1 aliphatic heterocycles. The molecule has 1 amide bonds. The van der Waals surface area contributed by atoms with Gasteiger partial charge in [0.15, 0.2) is 23.1 Å². The third kappa shape index (κ3) is 5.43. The van der Waals surface area contributed by atoms with Crippen LogP contribution < -0.4 is 4.74 Å². The monoisotopic (exact) mass is 413 g/mol. The zero-order valence-electron chi connectivity index (χ0n) is 15.5. The van der Waals surface area contributed by atoms with Gasteiger partial charge >= 0.3 is 5.97 Å². The molecule has 2 fully saturated rings. The van der Waals surface area contributed by atoms with Crippen LogP contribution in [0.1, 0.15) is 32.1 Å². The van der Waals surface area contributed by atoms with Crippen molar-refractivity contribution in [3.05, 3.63) is 30.1 Å². The first-order chi connectivity index (χ1) is 13.3. The second-order valence-corrected chi connectivity index (χ2v) is 9.43. The first-order valence-corrected chi connectivity index (χ1v) is 11.2. The summed E-state index contributed by atoms with van der Waals surface area (Å²) in [5, 5.41) is 0. The highest BCUT2D eigenvalue weighted by Gasteiger charge is 2.39. The van der Waals surface area contributed by atoms with Crippen molar-refractivity contribution in [2.45, 2.75) is 44.2 Å². The van der Waals surface area contributed by atoms with Crippen molar-refractivity contribution in [2.24, 2.45) is 0 Å². The van der Waals surface area contributed by atoms with Crippen molar-refractivity contribution in [3.8, 4) is 5.75 Å². The molecule has 1 heterocycles. The molecule has 0 aromatic heterocycles. The maximum atomic E-state index is 12.8. The number of carbonyl (C=O) groups excluding carboxylic acids is 2. The molecule has 1 saturated heterocycles. The minimum absolute atomic E-state index is 0.0000303. The zero-order valence-corrected chi connectivity index (χ0v) is 16.3. The molecule has 1 aromatic carbocycles. The fourth-order valence-electron chi connectivity index (χ4n) is 3.81. The summed E-state index contributed by atoms with van der Waals surface area (Å²) in [6.07, 6.45) is 4.10. The number of ether oxygens (including phenoxy) is 2. The number of halogens is 1. The molecule has 28 heavy (non-hydrogen) atoms. The summed E-state index contributed by atoms with van der Waals surface area (Å²) in [5.74, 6) is -1.14. The van der Waals surface area contributed by atoms with Crippen LogP contribution in [0.4, 0.5) is 4.39 Å². The van der Waals surface area contributed by atoms with Crippen molar-refractivity contribution in [1.82, 2.24) is 4.90 Å². The number of hydrogen-bond acceptors (Lipinski definition) is 6. The van der Waals surface area contributed by atoms with Gasteiger partial charge in [0, 0.05) is 12.1 Å². The smallest absolute Gasteiger partial charge is 0.344 e. The molecular weight excluding hydrogens is 389 g/mol. The summed E-state index contributed by atoms with van der Waals surface area (Å²) in [6, 6.07) is 4.83. The number of nitrogens with zero attached hydrogens (tertiary/aromatic N) is 1. The molecule has 2 aliphatic rings. The molecule has 1 aromatic rings. The fourth-order valence-corrected chi connectivity index (χ4v) is 5.53. The van der Waals surface area contributed by atoms with E-state index in [0.717, 1.165) is 25.7 Å². The lowest BCUT2D eigenvalue weighted by atomic mass is 10.1. The maximum Gasteiger partial charge on any atom is 0.344 e. The predicted octanol–water partition coefficient (Wildman–Crippen LogP) is 1.71. The second-order valence-electron chi connectivity index (χ2n) is 7.20. The third-order valence-electron chi connectivity index (χ3n) is 5.13. The van der Waals surface area contributed by atoms with Crippen molar-refractivity contribution >= 4 is 21.7 Å². The Balaban J connectivity index is 1.52. The lowest BCUT2D eigenvalue weighted by Gasteiger charge is -2.33. The van der Waals surface area contributed by atoms with Crippen LogP contribution in [0.3, 0.4) is 0 Å². The first kappa shape index (κ1) is 20.6. The van der Waals surface area contributed by atoms with E-state index in [-0.39, 0.29) is 29.5 Å². The summed E-state index contributed by atoms with van der Waals surface area (Å²) < 4.78 is 46.7. The molecule has 7 nitrogen and oxygen atoms in total. The Morgan fingerprint density at radius 2 is 1.71 bits per heavy atom. The topological polar surface area (TPSA) is 90.0 Å². The quantitative estimate of drug-likeness (QED) is 0.632. The van der Waals surface area contributed by atoms with Crippen molar-refractivity contribution in [3.63, 3.8) is 0 Å². The van der Waals surface area contributed by atoms with E-state index in [9.17, 15) is 22.4 Å². The van der Waals surface area contributed by atoms with E-state index in [2.05, 4.69) is 0 Å². The van der Waals surface area contributed by atoms with Gasteiger partial charge in [-0.3, -0.25) is 4.79 Å². The summed E-state index contributed by atoms with van der Waals surface area (Å²) in [5.41, 5.74) is 0. The SMILES string of the molecule is O=C(COc1ccc(F)cc1)OCC(=O)N(C1CCCC1)C1CCS(=O)(=O)C1. The Hall–Kier alpha value is -2.16. The lowest BCUT2D eigenvalue weighted by molar-refractivity contribution is -0.155. The average Bonchev–Trinajstić information content (AvgIpc) is 3.30. The van der Waals surface area contributed by atoms with Gasteiger partial charge in [0.25, 0.3) is 5.91 Å². The molecule has 0 radical (unpaired) electrons. The van der Waals surface area contributed by atoms with E-state index in [1.807, 2.05) is 0 Å². The maximum absolute atomic E-state index is 12.8. The summed E-state index contributed by atoms with van der Waals surface area (Å²) in [7, 11) is -3.13. The second kappa shape index (κ2) is 8.89. The first-order valence-electron chi connectivity index (χ1n) is 9.39. The van der Waals surface area contributed by atoms with Crippen molar-refractivity contribution in [2.75, 3.05) is 24.7 Å². The Morgan fingerprint density at radius 1 is 1.04 bits per heavy atom. The van der Waals surface area contributed by atoms with Gasteiger partial charge < -0.3 is 14.4 Å². The Morgan fingerprint density at radius 3 is 2.32 bits per heavy atom. The van der Waals surface area contributed by atoms with Crippen LogP contribution in [-0.4, -0.2) is 62.0 Å². The van der Waals surface area contributed by atoms with Gasteiger partial charge in [-0.25, -0.2) is 17.6 Å². The van der Waals surface area contributed by atoms with E-state index >= 15 is 0 Å². The molecule has 0 spiro atoms. The highest BCUT2D eigenvalue weighted by molar-refractivity contribution is 7.91. The van der Waals surface area contributed by atoms with Crippen LogP contribution >= 0.6 is 0 Å². The number of hydrogen-bond donors (Lipinski definition) is 0. The zero-order chi connectivity index (χ0) is 20.1. The molecule has 3 rings (SSSR count). The fraction of sp³-hybridized carbons (Fsp3) is 0.579. The minimum Gasteiger partial charge on any atom is -0.482 e. The van der Waals surface area contributed by atoms with Crippen LogP contribution in [0.25, 0.3) is 0 Å². The van der Waals surface area contributed by atoms with E-state index in [0.29, 0.717) is 12.2 Å². The van der Waals surface area contributed by atoms with Gasteiger partial charge in [-0.2, -0.15) is 0 Å². The molecule has 0 N–H and O–H groups in total. The van der Waals surface area contributed by atoms with Crippen LogP contribution in [0, 0.1) is 5.82 Å². The molecule has 1 saturated carbocycles. The molecule has 1 atom stereocenters. The van der Waals surface area contributed by atoms with Crippen LogP contribution in [0.2, 0.25) is 0 Å². The van der Waals surface area contributed by atoms with E-state index in [1.165, 1.54) is 24.3 Å². The summed E-state index contributed by atoms with van der Waals surface area (Å²) >= 11 is 0. The third-order valence-corrected chi connectivity index (χ3v) is 6.89. The molecule has 1 unspecified atom stereocenters. The van der Waals surface area contributed by atoms with E-state index in [1.54, 1.807) is 4.90 Å².